The van der Waals surface area contributed by atoms with Gasteiger partial charge < -0.3 is 20.4 Å². The molecule has 30 heavy (non-hydrogen) atoms. The van der Waals surface area contributed by atoms with Gasteiger partial charge in [0.25, 0.3) is 0 Å². The van der Waals surface area contributed by atoms with Crippen LogP contribution in [-0.2, 0) is 6.54 Å². The van der Waals surface area contributed by atoms with Gasteiger partial charge in [0, 0.05) is 44.3 Å². The van der Waals surface area contributed by atoms with Crippen molar-refractivity contribution in [2.75, 3.05) is 45.1 Å². The molecular weight excluding hydrogens is 380 g/mol. The molecule has 1 saturated heterocycles. The predicted molar refractivity (Wildman–Crippen MR) is 122 cm³/mol. The number of ether oxygens (including phenoxy) is 1. The lowest BCUT2D eigenvalue weighted by atomic mass is 10.0. The highest BCUT2D eigenvalue weighted by Crippen LogP contribution is 2.22. The second-order valence-electron chi connectivity index (χ2n) is 9.23. The van der Waals surface area contributed by atoms with E-state index in [1.807, 2.05) is 6.07 Å². The van der Waals surface area contributed by atoms with Crippen LogP contribution in [0.4, 0.5) is 5.82 Å². The average Bonchev–Trinajstić information content (AvgIpc) is 3.01. The van der Waals surface area contributed by atoms with Crippen molar-refractivity contribution in [3.63, 3.8) is 0 Å². The fourth-order valence-corrected chi connectivity index (χ4v) is 4.02. The molecule has 8 nitrogen and oxygen atoms in total. The van der Waals surface area contributed by atoms with E-state index >= 15 is 0 Å². The third kappa shape index (κ3) is 5.55. The zero-order chi connectivity index (χ0) is 21.7. The molecule has 0 aromatic carbocycles. The van der Waals surface area contributed by atoms with Gasteiger partial charge in [0.1, 0.15) is 5.52 Å². The van der Waals surface area contributed by atoms with Gasteiger partial charge in [-0.3, -0.25) is 9.47 Å². The number of hydrogen-bond acceptors (Lipinski definition) is 6. The van der Waals surface area contributed by atoms with Crippen molar-refractivity contribution in [1.29, 1.82) is 0 Å². The number of piperazine rings is 1. The van der Waals surface area contributed by atoms with Crippen LogP contribution in [0.1, 0.15) is 53.4 Å². The maximum atomic E-state index is 12.5. The van der Waals surface area contributed by atoms with Gasteiger partial charge in [-0.15, -0.1) is 0 Å². The largest absolute Gasteiger partial charge is 0.478 e. The molecule has 0 amide bonds. The van der Waals surface area contributed by atoms with Crippen molar-refractivity contribution in [2.45, 2.75) is 65.5 Å². The summed E-state index contributed by atoms with van der Waals surface area (Å²) in [7, 11) is 0. The molecule has 1 aliphatic rings. The first-order valence-electron chi connectivity index (χ1n) is 11.3. The number of anilines is 1. The lowest BCUT2D eigenvalue weighted by Crippen LogP contribution is -2.53. The van der Waals surface area contributed by atoms with E-state index in [-0.39, 0.29) is 11.2 Å². The SMILES string of the molecule is CCCCOc1cc2c([nH]c(=O)n2CCCCN2CCN(C(C)(C)C)CC2)c(N)n1. The number of rotatable bonds is 9. The van der Waals surface area contributed by atoms with Crippen LogP contribution in [-0.4, -0.2) is 69.2 Å². The third-order valence-electron chi connectivity index (χ3n) is 5.95. The minimum absolute atomic E-state index is 0.136. The van der Waals surface area contributed by atoms with E-state index in [0.717, 1.165) is 63.9 Å². The normalized spacial score (nSPS) is 16.4. The summed E-state index contributed by atoms with van der Waals surface area (Å²) in [6.45, 7) is 15.8. The van der Waals surface area contributed by atoms with Gasteiger partial charge in [0.15, 0.2) is 5.82 Å². The van der Waals surface area contributed by atoms with E-state index in [4.69, 9.17) is 10.5 Å². The topological polar surface area (TPSA) is 92.4 Å². The summed E-state index contributed by atoms with van der Waals surface area (Å²) >= 11 is 0. The standard InChI is InChI=1S/C22H38N6O2/c1-5-6-15-30-18-16-17-19(20(23)24-18)25-21(29)28(17)10-8-7-9-26-11-13-27(14-12-26)22(2,3)4/h16H,5-15H2,1-4H3,(H2,23,24)(H,25,29). The second kappa shape index (κ2) is 9.83. The van der Waals surface area contributed by atoms with Gasteiger partial charge in [0.05, 0.1) is 12.1 Å². The minimum atomic E-state index is -0.136. The zero-order valence-electron chi connectivity index (χ0n) is 19.0. The molecule has 0 unspecified atom stereocenters. The highest BCUT2D eigenvalue weighted by Gasteiger charge is 2.25. The number of imidazole rings is 1. The lowest BCUT2D eigenvalue weighted by molar-refractivity contribution is 0.0615. The zero-order valence-corrected chi connectivity index (χ0v) is 19.0. The van der Waals surface area contributed by atoms with Gasteiger partial charge in [-0.2, -0.15) is 4.98 Å². The summed E-state index contributed by atoms with van der Waals surface area (Å²) in [6, 6.07) is 1.82. The maximum absolute atomic E-state index is 12.5. The van der Waals surface area contributed by atoms with E-state index < -0.39 is 0 Å². The first-order chi connectivity index (χ1) is 14.3. The second-order valence-corrected chi connectivity index (χ2v) is 9.23. The van der Waals surface area contributed by atoms with Crippen molar-refractivity contribution in [3.8, 4) is 5.88 Å². The van der Waals surface area contributed by atoms with Crippen LogP contribution >= 0.6 is 0 Å². The quantitative estimate of drug-likeness (QED) is 0.608. The van der Waals surface area contributed by atoms with Crippen LogP contribution in [0, 0.1) is 0 Å². The number of aryl methyl sites for hydroxylation is 1. The Balaban J connectivity index is 1.54. The summed E-state index contributed by atoms with van der Waals surface area (Å²) in [6.07, 6.45) is 4.02. The number of unbranched alkanes of at least 4 members (excludes halogenated alkanes) is 2. The molecule has 0 atom stereocenters. The van der Waals surface area contributed by atoms with Gasteiger partial charge in [-0.05, 0) is 46.6 Å². The van der Waals surface area contributed by atoms with Gasteiger partial charge >= 0.3 is 5.69 Å². The van der Waals surface area contributed by atoms with Crippen molar-refractivity contribution >= 4 is 16.9 Å². The Hall–Kier alpha value is -2.06. The first-order valence-corrected chi connectivity index (χ1v) is 11.3. The molecule has 0 radical (unpaired) electrons. The number of nitrogens with zero attached hydrogens (tertiary/aromatic N) is 4. The molecule has 1 aliphatic heterocycles. The number of aromatic nitrogens is 3. The maximum Gasteiger partial charge on any atom is 0.326 e. The predicted octanol–water partition coefficient (Wildman–Crippen LogP) is 2.68. The van der Waals surface area contributed by atoms with E-state index in [0.29, 0.717) is 30.4 Å². The summed E-state index contributed by atoms with van der Waals surface area (Å²) in [5.74, 6) is 0.796. The summed E-state index contributed by atoms with van der Waals surface area (Å²) in [4.78, 5) is 24.7. The van der Waals surface area contributed by atoms with E-state index in [1.165, 1.54) is 0 Å². The smallest absolute Gasteiger partial charge is 0.326 e. The summed E-state index contributed by atoms with van der Waals surface area (Å²) in [5, 5.41) is 0. The Morgan fingerprint density at radius 3 is 2.50 bits per heavy atom. The first kappa shape index (κ1) is 22.6. The summed E-state index contributed by atoms with van der Waals surface area (Å²) in [5.41, 5.74) is 7.54. The molecule has 0 spiro atoms. The number of fused-ring (bicyclic) bond motifs is 1. The van der Waals surface area contributed by atoms with Crippen LogP contribution in [0.3, 0.4) is 0 Å². The number of nitrogen functional groups attached to an aromatic ring is 1. The third-order valence-corrected chi connectivity index (χ3v) is 5.95. The molecule has 2 aromatic rings. The molecule has 0 bridgehead atoms. The lowest BCUT2D eigenvalue weighted by Gasteiger charge is -2.42. The molecule has 3 rings (SSSR count). The monoisotopic (exact) mass is 418 g/mol. The number of aromatic amines is 1. The fraction of sp³-hybridized carbons (Fsp3) is 0.727. The highest BCUT2D eigenvalue weighted by molar-refractivity contribution is 5.85. The van der Waals surface area contributed by atoms with Gasteiger partial charge in [0.2, 0.25) is 5.88 Å². The number of hydrogen-bond donors (Lipinski definition) is 2. The number of nitrogens with one attached hydrogen (secondary N) is 1. The molecule has 0 aliphatic carbocycles. The van der Waals surface area contributed by atoms with E-state index in [1.54, 1.807) is 4.57 Å². The van der Waals surface area contributed by atoms with Gasteiger partial charge in [-0.1, -0.05) is 13.3 Å². The number of pyridine rings is 1. The number of nitrogens with two attached hydrogens (primary N) is 1. The van der Waals surface area contributed by atoms with Crippen molar-refractivity contribution in [1.82, 2.24) is 24.3 Å². The van der Waals surface area contributed by atoms with Crippen LogP contribution in [0.15, 0.2) is 10.9 Å². The van der Waals surface area contributed by atoms with Crippen LogP contribution in [0.2, 0.25) is 0 Å². The summed E-state index contributed by atoms with van der Waals surface area (Å²) < 4.78 is 7.47. The van der Waals surface area contributed by atoms with E-state index in [9.17, 15) is 4.79 Å². The molecule has 168 valence electrons. The molecule has 2 aromatic heterocycles. The Morgan fingerprint density at radius 2 is 1.83 bits per heavy atom. The molecule has 3 N–H and O–H groups in total. The Bertz CT molecular complexity index is 874. The van der Waals surface area contributed by atoms with E-state index in [2.05, 4.69) is 47.5 Å². The van der Waals surface area contributed by atoms with Crippen LogP contribution in [0.25, 0.3) is 11.0 Å². The molecular formula is C22H38N6O2. The average molecular weight is 419 g/mol. The molecule has 0 saturated carbocycles. The van der Waals surface area contributed by atoms with Crippen molar-refractivity contribution in [2.24, 2.45) is 0 Å². The Kier molecular flexibility index (Phi) is 7.41. The van der Waals surface area contributed by atoms with Crippen molar-refractivity contribution < 1.29 is 4.74 Å². The molecule has 3 heterocycles. The highest BCUT2D eigenvalue weighted by atomic mass is 16.5. The number of H-pyrrole nitrogens is 1. The van der Waals surface area contributed by atoms with Crippen molar-refractivity contribution in [3.05, 3.63) is 16.6 Å². The minimum Gasteiger partial charge on any atom is -0.478 e. The van der Waals surface area contributed by atoms with Gasteiger partial charge in [-0.25, -0.2) is 4.79 Å². The molecule has 1 fully saturated rings. The fourth-order valence-electron chi connectivity index (χ4n) is 4.02. The molecule has 8 heteroatoms. The Morgan fingerprint density at radius 1 is 1.13 bits per heavy atom. The van der Waals surface area contributed by atoms with Crippen LogP contribution < -0.4 is 16.2 Å². The Labute approximate surface area is 179 Å². The van der Waals surface area contributed by atoms with Crippen LogP contribution in [0.5, 0.6) is 5.88 Å².